The van der Waals surface area contributed by atoms with E-state index in [1.54, 1.807) is 0 Å². The molecular weight excluding hydrogens is 439 g/mol. The molecular formula is C17H14F7N5O2. The molecule has 168 valence electrons. The summed E-state index contributed by atoms with van der Waals surface area (Å²) in [5.74, 6) is -2.79. The maximum absolute atomic E-state index is 14.6. The van der Waals surface area contributed by atoms with Gasteiger partial charge in [-0.1, -0.05) is 6.07 Å². The van der Waals surface area contributed by atoms with Gasteiger partial charge in [0.1, 0.15) is 23.7 Å². The lowest BCUT2D eigenvalue weighted by Crippen LogP contribution is -2.35. The average molecular weight is 453 g/mol. The van der Waals surface area contributed by atoms with Crippen molar-refractivity contribution in [2.45, 2.75) is 38.0 Å². The Balaban J connectivity index is 2.06. The van der Waals surface area contributed by atoms with Crippen LogP contribution in [-0.4, -0.2) is 36.7 Å². The van der Waals surface area contributed by atoms with E-state index >= 15 is 0 Å². The molecule has 0 spiro atoms. The molecule has 0 fully saturated rings. The SMILES string of the molecule is CC(C)(O)[C@H](Nc1cc(C(F)(F)F)nc2ncnn12)c1ccc(OC(F)(F)F)cc1F. The van der Waals surface area contributed by atoms with Crippen molar-refractivity contribution < 1.29 is 40.6 Å². The Bertz CT molecular complexity index is 1090. The summed E-state index contributed by atoms with van der Waals surface area (Å²) < 4.78 is 95.7. The number of alkyl halides is 6. The van der Waals surface area contributed by atoms with Gasteiger partial charge in [0.05, 0.1) is 11.6 Å². The standard InChI is InChI=1S/C17H14F7N5O2/c1-15(2,30)13(9-4-3-8(5-10(9)18)31-17(22,23)24)28-12-6-11(16(19,20)21)27-14-25-7-26-29(12)14/h3-7,13,28,30H,1-2H3/t13-/m1/s1. The van der Waals surface area contributed by atoms with Crippen LogP contribution in [0, 0.1) is 5.82 Å². The zero-order chi connectivity index (χ0) is 23.2. The summed E-state index contributed by atoms with van der Waals surface area (Å²) in [5, 5.41) is 16.8. The molecule has 3 aromatic rings. The number of rotatable bonds is 5. The number of halogens is 7. The van der Waals surface area contributed by atoms with Crippen LogP contribution in [0.2, 0.25) is 0 Å². The van der Waals surface area contributed by atoms with Crippen LogP contribution in [0.1, 0.15) is 31.1 Å². The molecule has 0 saturated heterocycles. The Kier molecular flexibility index (Phi) is 5.46. The molecule has 3 rings (SSSR count). The van der Waals surface area contributed by atoms with Gasteiger partial charge in [-0.05, 0) is 19.9 Å². The second-order valence-electron chi connectivity index (χ2n) is 6.96. The Morgan fingerprint density at radius 1 is 1.10 bits per heavy atom. The predicted octanol–water partition coefficient (Wildman–Crippen LogP) is 4.10. The summed E-state index contributed by atoms with van der Waals surface area (Å²) in [5.41, 5.74) is -3.44. The molecule has 1 aromatic carbocycles. The van der Waals surface area contributed by atoms with E-state index in [-0.39, 0.29) is 11.4 Å². The van der Waals surface area contributed by atoms with Gasteiger partial charge in [-0.2, -0.15) is 27.8 Å². The average Bonchev–Trinajstić information content (AvgIpc) is 3.06. The second-order valence-corrected chi connectivity index (χ2v) is 6.96. The van der Waals surface area contributed by atoms with Gasteiger partial charge < -0.3 is 15.2 Å². The van der Waals surface area contributed by atoms with Crippen LogP contribution in [0.5, 0.6) is 5.75 Å². The van der Waals surface area contributed by atoms with Crippen molar-refractivity contribution in [2.75, 3.05) is 5.32 Å². The minimum absolute atomic E-state index is 0.333. The Morgan fingerprint density at radius 2 is 1.77 bits per heavy atom. The first kappa shape index (κ1) is 22.5. The number of fused-ring (bicyclic) bond motifs is 1. The largest absolute Gasteiger partial charge is 0.573 e. The summed E-state index contributed by atoms with van der Waals surface area (Å²) >= 11 is 0. The molecule has 0 aliphatic carbocycles. The number of hydrogen-bond acceptors (Lipinski definition) is 6. The minimum atomic E-state index is -5.05. The monoisotopic (exact) mass is 453 g/mol. The van der Waals surface area contributed by atoms with Gasteiger partial charge in [0.2, 0.25) is 0 Å². The summed E-state index contributed by atoms with van der Waals surface area (Å²) in [6.45, 7) is 2.46. The quantitative estimate of drug-likeness (QED) is 0.566. The van der Waals surface area contributed by atoms with Gasteiger partial charge in [0.25, 0.3) is 5.78 Å². The number of anilines is 1. The van der Waals surface area contributed by atoms with Crippen molar-refractivity contribution in [3.05, 3.63) is 47.7 Å². The van der Waals surface area contributed by atoms with E-state index in [4.69, 9.17) is 0 Å². The highest BCUT2D eigenvalue weighted by atomic mass is 19.4. The van der Waals surface area contributed by atoms with Crippen molar-refractivity contribution in [1.29, 1.82) is 0 Å². The van der Waals surface area contributed by atoms with Gasteiger partial charge in [0, 0.05) is 17.7 Å². The van der Waals surface area contributed by atoms with Crippen LogP contribution < -0.4 is 10.1 Å². The van der Waals surface area contributed by atoms with Crippen molar-refractivity contribution >= 4 is 11.6 Å². The highest BCUT2D eigenvalue weighted by molar-refractivity contribution is 5.48. The van der Waals surface area contributed by atoms with E-state index in [2.05, 4.69) is 25.1 Å². The van der Waals surface area contributed by atoms with Crippen LogP contribution in [0.3, 0.4) is 0 Å². The third-order valence-corrected chi connectivity index (χ3v) is 4.06. The zero-order valence-electron chi connectivity index (χ0n) is 15.8. The molecule has 0 aliphatic rings. The summed E-state index contributed by atoms with van der Waals surface area (Å²) in [6, 6.07) is 1.34. The van der Waals surface area contributed by atoms with E-state index in [0.717, 1.165) is 23.0 Å². The molecule has 0 unspecified atom stereocenters. The van der Waals surface area contributed by atoms with Crippen molar-refractivity contribution in [3.63, 3.8) is 0 Å². The Hall–Kier alpha value is -3.16. The zero-order valence-corrected chi connectivity index (χ0v) is 15.8. The van der Waals surface area contributed by atoms with Crippen LogP contribution >= 0.6 is 0 Å². The van der Waals surface area contributed by atoms with Gasteiger partial charge in [-0.15, -0.1) is 13.2 Å². The highest BCUT2D eigenvalue weighted by Gasteiger charge is 2.37. The number of hydrogen-bond donors (Lipinski definition) is 2. The lowest BCUT2D eigenvalue weighted by Gasteiger charge is -2.32. The van der Waals surface area contributed by atoms with Crippen molar-refractivity contribution in [1.82, 2.24) is 19.6 Å². The van der Waals surface area contributed by atoms with Gasteiger partial charge in [0.15, 0.2) is 5.69 Å². The number of benzene rings is 1. The van der Waals surface area contributed by atoms with Crippen LogP contribution in [0.15, 0.2) is 30.6 Å². The van der Waals surface area contributed by atoms with Crippen molar-refractivity contribution in [3.8, 4) is 5.75 Å². The molecule has 0 radical (unpaired) electrons. The van der Waals surface area contributed by atoms with Crippen LogP contribution in [0.25, 0.3) is 5.78 Å². The van der Waals surface area contributed by atoms with E-state index in [0.29, 0.717) is 12.1 Å². The molecule has 1 atom stereocenters. The normalized spacial score (nSPS) is 14.0. The maximum atomic E-state index is 14.6. The third kappa shape index (κ3) is 5.13. The maximum Gasteiger partial charge on any atom is 0.573 e. The first-order valence-electron chi connectivity index (χ1n) is 8.47. The minimum Gasteiger partial charge on any atom is -0.406 e. The topological polar surface area (TPSA) is 84.6 Å². The lowest BCUT2D eigenvalue weighted by atomic mass is 9.91. The molecule has 2 aromatic heterocycles. The van der Waals surface area contributed by atoms with Crippen LogP contribution in [0.4, 0.5) is 36.6 Å². The van der Waals surface area contributed by atoms with E-state index < -0.39 is 47.2 Å². The molecule has 0 aliphatic heterocycles. The molecule has 2 N–H and O–H groups in total. The molecule has 14 heteroatoms. The smallest absolute Gasteiger partial charge is 0.406 e. The van der Waals surface area contributed by atoms with Gasteiger partial charge >= 0.3 is 12.5 Å². The highest BCUT2D eigenvalue weighted by Crippen LogP contribution is 2.35. The van der Waals surface area contributed by atoms with E-state index in [1.165, 1.54) is 13.8 Å². The molecule has 0 amide bonds. The summed E-state index contributed by atoms with van der Waals surface area (Å²) in [6.07, 6.45) is -8.95. The first-order valence-corrected chi connectivity index (χ1v) is 8.47. The van der Waals surface area contributed by atoms with Gasteiger partial charge in [-0.25, -0.2) is 9.37 Å². The Morgan fingerprint density at radius 3 is 2.32 bits per heavy atom. The molecule has 0 saturated carbocycles. The molecule has 2 heterocycles. The molecule has 7 nitrogen and oxygen atoms in total. The third-order valence-electron chi connectivity index (χ3n) is 4.06. The lowest BCUT2D eigenvalue weighted by molar-refractivity contribution is -0.274. The fraction of sp³-hybridized carbons (Fsp3) is 0.353. The number of nitrogens with zero attached hydrogens (tertiary/aromatic N) is 4. The fourth-order valence-corrected chi connectivity index (χ4v) is 2.78. The van der Waals surface area contributed by atoms with E-state index in [1.807, 2.05) is 0 Å². The van der Waals surface area contributed by atoms with Crippen molar-refractivity contribution in [2.24, 2.45) is 0 Å². The number of aliphatic hydroxyl groups is 1. The summed E-state index contributed by atoms with van der Waals surface area (Å²) in [7, 11) is 0. The second kappa shape index (κ2) is 7.51. The van der Waals surface area contributed by atoms with Crippen LogP contribution in [-0.2, 0) is 6.18 Å². The first-order chi connectivity index (χ1) is 14.1. The summed E-state index contributed by atoms with van der Waals surface area (Å²) in [4.78, 5) is 6.94. The number of ether oxygens (including phenoxy) is 1. The predicted molar refractivity (Wildman–Crippen MR) is 91.5 cm³/mol. The van der Waals surface area contributed by atoms with Gasteiger partial charge in [-0.3, -0.25) is 0 Å². The number of nitrogens with one attached hydrogen (secondary N) is 1. The van der Waals surface area contributed by atoms with E-state index in [9.17, 15) is 35.8 Å². The fourth-order valence-electron chi connectivity index (χ4n) is 2.78. The number of aromatic nitrogens is 4. The Labute approximate surface area is 169 Å². The molecule has 31 heavy (non-hydrogen) atoms. The molecule has 0 bridgehead atoms.